The molecule has 3 nitrogen and oxygen atoms in total. The van der Waals surface area contributed by atoms with Gasteiger partial charge >= 0.3 is 12.4 Å². The largest absolute Gasteiger partial charge is 0.417 e. The fourth-order valence-corrected chi connectivity index (χ4v) is 9.81. The highest BCUT2D eigenvalue weighted by Gasteiger charge is 2.38. The van der Waals surface area contributed by atoms with Crippen LogP contribution in [0.4, 0.5) is 26.3 Å². The Morgan fingerprint density at radius 1 is 0.382 bits per heavy atom. The molecular weight excluding hydrogens is 865 g/mol. The molecule has 0 aliphatic rings. The first-order valence-corrected chi connectivity index (χ1v) is 21.9. The lowest BCUT2D eigenvalue weighted by molar-refractivity contribution is -0.142. The number of alkyl halides is 6. The van der Waals surface area contributed by atoms with Gasteiger partial charge in [0.05, 0.1) is 56.2 Å². The maximum absolute atomic E-state index is 14.9. The predicted octanol–water partition coefficient (Wildman–Crippen LogP) is 17.1. The minimum atomic E-state index is -5.11. The summed E-state index contributed by atoms with van der Waals surface area (Å²) in [6.45, 7) is 4.09. The van der Waals surface area contributed by atoms with Gasteiger partial charge in [0.2, 0.25) is 0 Å². The van der Waals surface area contributed by atoms with E-state index in [0.29, 0.717) is 34.1 Å². The van der Waals surface area contributed by atoms with E-state index in [1.54, 1.807) is 30.3 Å². The summed E-state index contributed by atoms with van der Waals surface area (Å²) in [4.78, 5) is 0. The van der Waals surface area contributed by atoms with Gasteiger partial charge in [-0.15, -0.1) is 0 Å². The first kappa shape index (κ1) is 42.3. The van der Waals surface area contributed by atoms with Crippen LogP contribution in [0.15, 0.2) is 188 Å². The first-order valence-electron chi connectivity index (χ1n) is 21.9. The average Bonchev–Trinajstić information content (AvgIpc) is 3.85. The van der Waals surface area contributed by atoms with Gasteiger partial charge in [-0.2, -0.15) is 31.6 Å². The first-order chi connectivity index (χ1) is 32.7. The van der Waals surface area contributed by atoms with Crippen molar-refractivity contribution < 1.29 is 26.3 Å². The van der Waals surface area contributed by atoms with Crippen LogP contribution in [0, 0.1) is 25.2 Å². The van der Waals surface area contributed by atoms with Crippen molar-refractivity contribution >= 4 is 43.6 Å². The highest BCUT2D eigenvalue weighted by molar-refractivity contribution is 6.13. The highest BCUT2D eigenvalue weighted by Crippen LogP contribution is 2.46. The van der Waals surface area contributed by atoms with Crippen LogP contribution in [0.2, 0.25) is 0 Å². The Kier molecular flexibility index (Phi) is 9.90. The topological polar surface area (TPSA) is 33.6 Å². The van der Waals surface area contributed by atoms with Crippen molar-refractivity contribution in [3.8, 4) is 62.0 Å². The molecule has 0 saturated heterocycles. The molecule has 0 fully saturated rings. The van der Waals surface area contributed by atoms with E-state index in [0.717, 1.165) is 83.1 Å². The van der Waals surface area contributed by atoms with Crippen molar-refractivity contribution in [2.75, 3.05) is 0 Å². The monoisotopic (exact) mass is 901 g/mol. The molecule has 11 aromatic rings. The SMILES string of the molecule is Cc1cccc(-c2ccc3c(c2)c2ccccc2n3-c2ccc(-c3ccc(C(F)(F)F)cc3C(F)(F)F)cc2-c2ccc(C#N)cc2-n2c3ccccc3c3cc(-c4cccc(C)c4)ccc32)c1. The number of aromatic nitrogens is 2. The van der Waals surface area contributed by atoms with Crippen LogP contribution in [0.1, 0.15) is 27.8 Å². The summed E-state index contributed by atoms with van der Waals surface area (Å²) in [5.41, 5.74) is 9.16. The van der Waals surface area contributed by atoms with Crippen molar-refractivity contribution in [1.82, 2.24) is 9.13 Å². The van der Waals surface area contributed by atoms with E-state index in [2.05, 4.69) is 63.7 Å². The van der Waals surface area contributed by atoms with E-state index in [1.165, 1.54) is 6.07 Å². The van der Waals surface area contributed by atoms with Gasteiger partial charge < -0.3 is 9.13 Å². The molecule has 0 aliphatic carbocycles. The van der Waals surface area contributed by atoms with Gasteiger partial charge in [-0.3, -0.25) is 0 Å². The maximum atomic E-state index is 14.9. The van der Waals surface area contributed by atoms with Crippen molar-refractivity contribution in [2.24, 2.45) is 0 Å². The fourth-order valence-electron chi connectivity index (χ4n) is 9.81. The van der Waals surface area contributed by atoms with Crippen LogP contribution >= 0.6 is 0 Å². The lowest BCUT2D eigenvalue weighted by Crippen LogP contribution is -2.12. The van der Waals surface area contributed by atoms with E-state index in [-0.39, 0.29) is 11.6 Å². The number of halogens is 6. The number of nitriles is 1. The van der Waals surface area contributed by atoms with Crippen LogP contribution in [0.5, 0.6) is 0 Å². The number of para-hydroxylation sites is 2. The van der Waals surface area contributed by atoms with Crippen LogP contribution in [0.25, 0.3) is 99.5 Å². The lowest BCUT2D eigenvalue weighted by Gasteiger charge is -2.21. The third kappa shape index (κ3) is 7.17. The number of benzene rings is 9. The molecule has 0 N–H and O–H groups in total. The third-order valence-electron chi connectivity index (χ3n) is 12.9. The summed E-state index contributed by atoms with van der Waals surface area (Å²) in [5, 5.41) is 14.2. The Balaban J connectivity index is 1.23. The number of fused-ring (bicyclic) bond motifs is 6. The molecule has 0 unspecified atom stereocenters. The van der Waals surface area contributed by atoms with Crippen molar-refractivity contribution in [3.05, 3.63) is 216 Å². The summed E-state index contributed by atoms with van der Waals surface area (Å²) in [7, 11) is 0. The second kappa shape index (κ2) is 15.9. The summed E-state index contributed by atoms with van der Waals surface area (Å²) in [6.07, 6.45) is -10.1. The zero-order valence-electron chi connectivity index (χ0n) is 36.5. The van der Waals surface area contributed by atoms with Gasteiger partial charge in [0.15, 0.2) is 0 Å². The molecule has 9 aromatic carbocycles. The Hall–Kier alpha value is -8.35. The molecule has 0 aliphatic heterocycles. The number of nitrogens with zero attached hydrogens (tertiary/aromatic N) is 3. The molecule has 0 atom stereocenters. The van der Waals surface area contributed by atoms with Crippen LogP contribution in [-0.4, -0.2) is 9.13 Å². The van der Waals surface area contributed by atoms with E-state index < -0.39 is 29.0 Å². The summed E-state index contributed by atoms with van der Waals surface area (Å²) < 4.78 is 90.9. The Labute approximate surface area is 387 Å². The minimum absolute atomic E-state index is 0.0626. The third-order valence-corrected chi connectivity index (χ3v) is 12.9. The molecule has 0 saturated carbocycles. The van der Waals surface area contributed by atoms with Gasteiger partial charge in [0.1, 0.15) is 0 Å². The summed E-state index contributed by atoms with van der Waals surface area (Å²) in [5.74, 6) is 0. The molecule has 9 heteroatoms. The molecule has 330 valence electrons. The predicted molar refractivity (Wildman–Crippen MR) is 261 cm³/mol. The molecule has 0 spiro atoms. The molecule has 0 amide bonds. The van der Waals surface area contributed by atoms with Gasteiger partial charge in [-0.1, -0.05) is 126 Å². The van der Waals surface area contributed by atoms with Crippen molar-refractivity contribution in [3.63, 3.8) is 0 Å². The molecular formula is C59H37F6N3. The summed E-state index contributed by atoms with van der Waals surface area (Å²) >= 11 is 0. The van der Waals surface area contributed by atoms with Gasteiger partial charge in [0.25, 0.3) is 0 Å². The Morgan fingerprint density at radius 3 is 1.44 bits per heavy atom. The van der Waals surface area contributed by atoms with E-state index >= 15 is 0 Å². The molecule has 68 heavy (non-hydrogen) atoms. The zero-order chi connectivity index (χ0) is 47.1. The second-order valence-corrected chi connectivity index (χ2v) is 17.2. The van der Waals surface area contributed by atoms with Crippen LogP contribution in [-0.2, 0) is 12.4 Å². The zero-order valence-corrected chi connectivity index (χ0v) is 36.5. The van der Waals surface area contributed by atoms with Gasteiger partial charge in [-0.25, -0.2) is 0 Å². The van der Waals surface area contributed by atoms with E-state index in [9.17, 15) is 31.6 Å². The number of aryl methyl sites for hydroxylation is 2. The number of rotatable bonds is 6. The smallest absolute Gasteiger partial charge is 0.309 e. The van der Waals surface area contributed by atoms with E-state index in [1.807, 2.05) is 98.8 Å². The van der Waals surface area contributed by atoms with E-state index in [4.69, 9.17) is 0 Å². The standard InChI is InChI=1S/C59H37F6N3/c1-35-9-7-11-38(27-35)40-18-24-54-48(30-40)45-13-3-5-15-52(45)67(54)55-26-20-42(44-23-21-43(58(60,61)62)33-51(44)59(63,64)65)32-50(55)47-22-17-37(34-66)29-57(47)68-53-16-6-4-14-46(53)49-31-41(19-25-56(49)68)39-12-8-10-36(2)28-39/h3-33H,1-2H3. The Morgan fingerprint density at radius 2 is 0.897 bits per heavy atom. The van der Waals surface area contributed by atoms with Gasteiger partial charge in [0, 0.05) is 32.7 Å². The average molecular weight is 902 g/mol. The minimum Gasteiger partial charge on any atom is -0.309 e. The number of hydrogen-bond donors (Lipinski definition) is 0. The molecule has 0 radical (unpaired) electrons. The Bertz CT molecular complexity index is 3880. The summed E-state index contributed by atoms with van der Waals surface area (Å²) in [6, 6.07) is 59.1. The molecule has 2 aromatic heterocycles. The lowest BCUT2D eigenvalue weighted by atomic mass is 9.92. The molecule has 2 heterocycles. The van der Waals surface area contributed by atoms with Crippen molar-refractivity contribution in [2.45, 2.75) is 26.2 Å². The van der Waals surface area contributed by atoms with Crippen molar-refractivity contribution in [1.29, 1.82) is 5.26 Å². The fraction of sp³-hybridized carbons (Fsp3) is 0.0678. The van der Waals surface area contributed by atoms with Crippen LogP contribution < -0.4 is 0 Å². The quantitative estimate of drug-likeness (QED) is 0.153. The van der Waals surface area contributed by atoms with Gasteiger partial charge in [-0.05, 0) is 120 Å². The normalized spacial score (nSPS) is 12.1. The number of hydrogen-bond acceptors (Lipinski definition) is 1. The maximum Gasteiger partial charge on any atom is 0.417 e. The molecule has 11 rings (SSSR count). The second-order valence-electron chi connectivity index (χ2n) is 17.2. The highest BCUT2D eigenvalue weighted by atomic mass is 19.4. The van der Waals surface area contributed by atoms with Crippen LogP contribution in [0.3, 0.4) is 0 Å². The molecule has 0 bridgehead atoms.